The van der Waals surface area contributed by atoms with Gasteiger partial charge >= 0.3 is 0 Å². The third-order valence-electron chi connectivity index (χ3n) is 7.09. The van der Waals surface area contributed by atoms with E-state index in [0.717, 1.165) is 35.2 Å². The summed E-state index contributed by atoms with van der Waals surface area (Å²) in [5.41, 5.74) is 4.58. The molecule has 5 heterocycles. The number of hydrogen-bond donors (Lipinski definition) is 1. The second-order valence-corrected chi connectivity index (χ2v) is 10.3. The van der Waals surface area contributed by atoms with E-state index in [9.17, 15) is 4.79 Å². The average molecular weight is 521 g/mol. The summed E-state index contributed by atoms with van der Waals surface area (Å²) >= 11 is 0. The molecule has 1 N–H and O–H groups in total. The topological polar surface area (TPSA) is 105 Å². The molecule has 0 bridgehead atoms. The van der Waals surface area contributed by atoms with Crippen LogP contribution in [0.5, 0.6) is 5.75 Å². The van der Waals surface area contributed by atoms with Crippen LogP contribution in [0.2, 0.25) is 0 Å². The van der Waals surface area contributed by atoms with Crippen LogP contribution in [0, 0.1) is 5.82 Å². The van der Waals surface area contributed by atoms with E-state index in [1.54, 1.807) is 23.9 Å². The van der Waals surface area contributed by atoms with Crippen molar-refractivity contribution in [3.05, 3.63) is 47.8 Å². The molecule has 1 aliphatic rings. The lowest BCUT2D eigenvalue weighted by molar-refractivity contribution is -0.132. The van der Waals surface area contributed by atoms with Crippen LogP contribution in [0.1, 0.15) is 49.7 Å². The number of nitrogens with one attached hydrogen (secondary N) is 1. The SMILES string of the molecule is COc1cc(-c2[nH]nc(-c3ncc(C4CCN(C(=O)CN(C)C)CC4)cc3F)c2C(C)C)cn2ncnc12. The molecule has 1 saturated heterocycles. The van der Waals surface area contributed by atoms with Gasteiger partial charge < -0.3 is 14.5 Å². The van der Waals surface area contributed by atoms with Crippen molar-refractivity contribution >= 4 is 11.6 Å². The third-order valence-corrected chi connectivity index (χ3v) is 7.09. The van der Waals surface area contributed by atoms with E-state index in [4.69, 9.17) is 4.74 Å². The van der Waals surface area contributed by atoms with Gasteiger partial charge in [-0.15, -0.1) is 0 Å². The molecule has 4 aromatic rings. The van der Waals surface area contributed by atoms with Crippen molar-refractivity contribution in [1.82, 2.24) is 39.6 Å². The fourth-order valence-corrected chi connectivity index (χ4v) is 5.18. The number of piperidine rings is 1. The Kier molecular flexibility index (Phi) is 7.11. The molecule has 0 radical (unpaired) electrons. The van der Waals surface area contributed by atoms with Gasteiger partial charge in [-0.2, -0.15) is 10.2 Å². The van der Waals surface area contributed by atoms with Crippen LogP contribution in [-0.4, -0.2) is 86.3 Å². The summed E-state index contributed by atoms with van der Waals surface area (Å²) in [6, 6.07) is 3.45. The molecule has 0 atom stereocenters. The van der Waals surface area contributed by atoms with Gasteiger partial charge in [0.25, 0.3) is 0 Å². The largest absolute Gasteiger partial charge is 0.493 e. The number of halogens is 1. The zero-order valence-electron chi connectivity index (χ0n) is 22.4. The molecule has 0 aliphatic carbocycles. The number of carbonyl (C=O) groups excluding carboxylic acids is 1. The van der Waals surface area contributed by atoms with Crippen LogP contribution in [0.15, 0.2) is 30.9 Å². The predicted molar refractivity (Wildman–Crippen MR) is 142 cm³/mol. The fourth-order valence-electron chi connectivity index (χ4n) is 5.18. The molecule has 0 unspecified atom stereocenters. The van der Waals surface area contributed by atoms with E-state index < -0.39 is 5.82 Å². The van der Waals surface area contributed by atoms with E-state index in [2.05, 4.69) is 25.3 Å². The van der Waals surface area contributed by atoms with Crippen LogP contribution in [0.4, 0.5) is 4.39 Å². The summed E-state index contributed by atoms with van der Waals surface area (Å²) in [4.78, 5) is 24.9. The smallest absolute Gasteiger partial charge is 0.236 e. The van der Waals surface area contributed by atoms with Crippen molar-refractivity contribution in [2.75, 3.05) is 40.8 Å². The molecule has 1 aliphatic heterocycles. The number of pyridine rings is 2. The highest BCUT2D eigenvalue weighted by atomic mass is 19.1. The lowest BCUT2D eigenvalue weighted by Crippen LogP contribution is -2.42. The number of ether oxygens (including phenoxy) is 1. The first kappa shape index (κ1) is 25.8. The van der Waals surface area contributed by atoms with Gasteiger partial charge in [0.05, 0.1) is 19.3 Å². The number of methoxy groups -OCH3 is 1. The van der Waals surface area contributed by atoms with Gasteiger partial charge in [0, 0.05) is 36.6 Å². The van der Waals surface area contributed by atoms with Crippen LogP contribution < -0.4 is 4.74 Å². The number of likely N-dealkylation sites (N-methyl/N-ethyl adjacent to an activating group) is 1. The number of rotatable bonds is 7. The molecule has 11 heteroatoms. The second kappa shape index (κ2) is 10.5. The zero-order chi connectivity index (χ0) is 27.0. The first-order valence-electron chi connectivity index (χ1n) is 12.8. The maximum Gasteiger partial charge on any atom is 0.236 e. The first-order chi connectivity index (χ1) is 18.3. The van der Waals surface area contributed by atoms with Crippen LogP contribution >= 0.6 is 0 Å². The monoisotopic (exact) mass is 520 g/mol. The Balaban J connectivity index is 1.42. The maximum atomic E-state index is 15.6. The molecule has 0 spiro atoms. The predicted octanol–water partition coefficient (Wildman–Crippen LogP) is 3.72. The summed E-state index contributed by atoms with van der Waals surface area (Å²) in [5, 5.41) is 11.8. The molecule has 0 saturated carbocycles. The number of carbonyl (C=O) groups is 1. The van der Waals surface area contributed by atoms with E-state index >= 15 is 4.39 Å². The number of aromatic nitrogens is 6. The number of fused-ring (bicyclic) bond motifs is 1. The molecule has 0 aromatic carbocycles. The number of H-pyrrole nitrogens is 1. The molecular formula is C27H33FN8O2. The van der Waals surface area contributed by atoms with Crippen LogP contribution in [0.25, 0.3) is 28.3 Å². The Morgan fingerprint density at radius 1 is 1.21 bits per heavy atom. The van der Waals surface area contributed by atoms with Crippen molar-refractivity contribution in [2.24, 2.45) is 0 Å². The van der Waals surface area contributed by atoms with Crippen molar-refractivity contribution < 1.29 is 13.9 Å². The Labute approximate surface area is 220 Å². The molecule has 200 valence electrons. The van der Waals surface area contributed by atoms with E-state index in [1.165, 1.54) is 6.33 Å². The normalized spacial score (nSPS) is 14.7. The first-order valence-corrected chi connectivity index (χ1v) is 12.8. The Bertz CT molecular complexity index is 1450. The minimum Gasteiger partial charge on any atom is -0.493 e. The molecule has 4 aromatic heterocycles. The summed E-state index contributed by atoms with van der Waals surface area (Å²) in [7, 11) is 5.36. The lowest BCUT2D eigenvalue weighted by atomic mass is 9.89. The Morgan fingerprint density at radius 2 is 1.97 bits per heavy atom. The summed E-state index contributed by atoms with van der Waals surface area (Å²) < 4.78 is 22.7. The van der Waals surface area contributed by atoms with E-state index in [0.29, 0.717) is 36.7 Å². The van der Waals surface area contributed by atoms with Crippen molar-refractivity contribution in [3.63, 3.8) is 0 Å². The van der Waals surface area contributed by atoms with Gasteiger partial charge in [0.1, 0.15) is 17.7 Å². The standard InChI is InChI=1S/C27H33FN8O2/c1-16(2)23-24(19-11-21(38-5)27-30-15-31-36(27)13-19)32-33-26(23)25-20(28)10-18(12-29-25)17-6-8-35(9-7-17)22(37)14-34(3)4/h10-13,15-17H,6-9,14H2,1-5H3,(H,32,33). The minimum atomic E-state index is -0.405. The van der Waals surface area contributed by atoms with Gasteiger partial charge in [0.15, 0.2) is 17.2 Å². The molecule has 5 rings (SSSR count). The highest BCUT2D eigenvalue weighted by Crippen LogP contribution is 2.38. The quantitative estimate of drug-likeness (QED) is 0.396. The lowest BCUT2D eigenvalue weighted by Gasteiger charge is -2.32. The van der Waals surface area contributed by atoms with Crippen molar-refractivity contribution in [2.45, 2.75) is 38.5 Å². The maximum absolute atomic E-state index is 15.6. The van der Waals surface area contributed by atoms with Crippen molar-refractivity contribution in [1.29, 1.82) is 0 Å². The number of hydrogen-bond acceptors (Lipinski definition) is 7. The van der Waals surface area contributed by atoms with Gasteiger partial charge in [-0.1, -0.05) is 13.8 Å². The molecule has 10 nitrogen and oxygen atoms in total. The average Bonchev–Trinajstić information content (AvgIpc) is 3.55. The van der Waals surface area contributed by atoms with Gasteiger partial charge in [-0.05, 0) is 56.5 Å². The number of aromatic amines is 1. The molecule has 38 heavy (non-hydrogen) atoms. The zero-order valence-corrected chi connectivity index (χ0v) is 22.4. The van der Waals surface area contributed by atoms with Gasteiger partial charge in [-0.3, -0.25) is 14.9 Å². The molecular weight excluding hydrogens is 487 g/mol. The second-order valence-electron chi connectivity index (χ2n) is 10.3. The minimum absolute atomic E-state index is 0.0427. The highest BCUT2D eigenvalue weighted by molar-refractivity contribution is 5.78. The Hall–Kier alpha value is -3.86. The fraction of sp³-hybridized carbons (Fsp3) is 0.444. The molecule has 1 amide bonds. The van der Waals surface area contributed by atoms with Crippen LogP contribution in [-0.2, 0) is 4.79 Å². The summed E-state index contributed by atoms with van der Waals surface area (Å²) in [6.07, 6.45) is 6.64. The summed E-state index contributed by atoms with van der Waals surface area (Å²) in [6.45, 7) is 5.82. The third kappa shape index (κ3) is 4.85. The number of nitrogens with zero attached hydrogens (tertiary/aromatic N) is 7. The van der Waals surface area contributed by atoms with Crippen LogP contribution in [0.3, 0.4) is 0 Å². The number of likely N-dealkylation sites (tertiary alicyclic amines) is 1. The Morgan fingerprint density at radius 3 is 2.63 bits per heavy atom. The highest BCUT2D eigenvalue weighted by Gasteiger charge is 2.27. The van der Waals surface area contributed by atoms with Gasteiger partial charge in [-0.25, -0.2) is 13.9 Å². The number of amides is 1. The van der Waals surface area contributed by atoms with Gasteiger partial charge in [0.2, 0.25) is 5.91 Å². The summed E-state index contributed by atoms with van der Waals surface area (Å²) in [5.74, 6) is 0.507. The van der Waals surface area contributed by atoms with E-state index in [1.807, 2.05) is 50.0 Å². The van der Waals surface area contributed by atoms with Crippen molar-refractivity contribution in [3.8, 4) is 28.4 Å². The van der Waals surface area contributed by atoms with E-state index in [-0.39, 0.29) is 23.4 Å². The molecule has 1 fully saturated rings.